The molecule has 0 bridgehead atoms. The third kappa shape index (κ3) is 4.48. The van der Waals surface area contributed by atoms with Gasteiger partial charge in [-0.05, 0) is 50.5 Å². The van der Waals surface area contributed by atoms with Crippen LogP contribution in [-0.4, -0.2) is 56.6 Å². The molecule has 1 atom stereocenters. The van der Waals surface area contributed by atoms with Crippen LogP contribution < -0.4 is 15.5 Å². The highest BCUT2D eigenvalue weighted by molar-refractivity contribution is 5.94. The summed E-state index contributed by atoms with van der Waals surface area (Å²) in [5.41, 5.74) is 2.11. The molecule has 3 rings (SSSR count). The van der Waals surface area contributed by atoms with Crippen LogP contribution in [0, 0.1) is 5.92 Å². The van der Waals surface area contributed by atoms with Gasteiger partial charge in [-0.1, -0.05) is 19.1 Å². The van der Waals surface area contributed by atoms with Gasteiger partial charge in [0.15, 0.2) is 0 Å². The molecule has 24 heavy (non-hydrogen) atoms. The lowest BCUT2D eigenvalue weighted by molar-refractivity contribution is -0.116. The summed E-state index contributed by atoms with van der Waals surface area (Å²) < 4.78 is 0. The molecule has 0 saturated carbocycles. The van der Waals surface area contributed by atoms with Crippen LogP contribution in [0.5, 0.6) is 0 Å². The van der Waals surface area contributed by atoms with Gasteiger partial charge in [-0.2, -0.15) is 0 Å². The average Bonchev–Trinajstić information content (AvgIpc) is 3.14. The maximum atomic E-state index is 12.3. The first-order valence-corrected chi connectivity index (χ1v) is 9.33. The highest BCUT2D eigenvalue weighted by Gasteiger charge is 2.19. The summed E-state index contributed by atoms with van der Waals surface area (Å²) >= 11 is 0. The van der Waals surface area contributed by atoms with Crippen LogP contribution in [0.15, 0.2) is 24.3 Å². The number of carbonyl (C=O) groups is 1. The lowest BCUT2D eigenvalue weighted by Gasteiger charge is -2.36. The van der Waals surface area contributed by atoms with Gasteiger partial charge in [0.05, 0.1) is 11.4 Å². The molecular weight excluding hydrogens is 300 g/mol. The summed E-state index contributed by atoms with van der Waals surface area (Å²) in [5, 5.41) is 6.51. The first kappa shape index (κ1) is 17.2. The Labute approximate surface area is 145 Å². The Hall–Kier alpha value is -1.59. The highest BCUT2D eigenvalue weighted by Crippen LogP contribution is 2.27. The fourth-order valence-corrected chi connectivity index (χ4v) is 3.67. The first-order valence-electron chi connectivity index (χ1n) is 9.33. The lowest BCUT2D eigenvalue weighted by Crippen LogP contribution is -2.46. The van der Waals surface area contributed by atoms with Crippen molar-refractivity contribution in [1.29, 1.82) is 0 Å². The van der Waals surface area contributed by atoms with Gasteiger partial charge >= 0.3 is 0 Å². The fourth-order valence-electron chi connectivity index (χ4n) is 3.67. The van der Waals surface area contributed by atoms with Gasteiger partial charge < -0.3 is 20.4 Å². The summed E-state index contributed by atoms with van der Waals surface area (Å²) in [4.78, 5) is 17.2. The van der Waals surface area contributed by atoms with E-state index >= 15 is 0 Å². The van der Waals surface area contributed by atoms with Crippen molar-refractivity contribution < 1.29 is 4.79 Å². The topological polar surface area (TPSA) is 47.6 Å². The second-order valence-electron chi connectivity index (χ2n) is 6.88. The minimum Gasteiger partial charge on any atom is -0.367 e. The predicted octanol–water partition coefficient (Wildman–Crippen LogP) is 2.16. The Morgan fingerprint density at radius 1 is 1.25 bits per heavy atom. The van der Waals surface area contributed by atoms with Gasteiger partial charge in [-0.15, -0.1) is 0 Å². The Morgan fingerprint density at radius 2 is 2.04 bits per heavy atom. The maximum Gasteiger partial charge on any atom is 0.224 e. The number of benzene rings is 1. The van der Waals surface area contributed by atoms with Crippen LogP contribution in [0.2, 0.25) is 0 Å². The zero-order valence-corrected chi connectivity index (χ0v) is 14.8. The van der Waals surface area contributed by atoms with Gasteiger partial charge in [0.25, 0.3) is 0 Å². The molecule has 0 aromatic heterocycles. The number of piperazine rings is 1. The van der Waals surface area contributed by atoms with Crippen LogP contribution in [0.3, 0.4) is 0 Å². The van der Waals surface area contributed by atoms with Crippen molar-refractivity contribution in [2.75, 3.05) is 56.0 Å². The number of anilines is 2. The van der Waals surface area contributed by atoms with E-state index in [2.05, 4.69) is 39.5 Å². The standard InChI is InChI=1S/C19H30N4O/c1-2-22-11-13-23(14-12-22)18-6-4-3-5-17(18)21-19(24)8-7-16-9-10-20-15-16/h3-6,16,20H,2,7-15H2,1H3,(H,21,24). The second kappa shape index (κ2) is 8.49. The van der Waals surface area contributed by atoms with E-state index in [1.807, 2.05) is 12.1 Å². The van der Waals surface area contributed by atoms with E-state index < -0.39 is 0 Å². The smallest absolute Gasteiger partial charge is 0.224 e. The number of nitrogens with one attached hydrogen (secondary N) is 2. The van der Waals surface area contributed by atoms with Crippen molar-refractivity contribution in [2.45, 2.75) is 26.2 Å². The Morgan fingerprint density at radius 3 is 2.75 bits per heavy atom. The fraction of sp³-hybridized carbons (Fsp3) is 0.632. The van der Waals surface area contributed by atoms with E-state index in [0.717, 1.165) is 63.6 Å². The summed E-state index contributed by atoms with van der Waals surface area (Å²) in [6.45, 7) is 9.71. The molecule has 2 heterocycles. The number of rotatable bonds is 6. The number of amides is 1. The molecule has 1 aromatic rings. The van der Waals surface area contributed by atoms with Gasteiger partial charge in [-0.3, -0.25) is 4.79 Å². The molecule has 2 aliphatic heterocycles. The van der Waals surface area contributed by atoms with E-state index in [1.54, 1.807) is 0 Å². The molecule has 1 aromatic carbocycles. The van der Waals surface area contributed by atoms with Gasteiger partial charge in [0.1, 0.15) is 0 Å². The number of carbonyl (C=O) groups excluding carboxylic acids is 1. The third-order valence-corrected chi connectivity index (χ3v) is 5.28. The Bertz CT molecular complexity index is 534. The molecule has 1 amide bonds. The Balaban J connectivity index is 1.56. The maximum absolute atomic E-state index is 12.3. The van der Waals surface area contributed by atoms with Gasteiger partial charge in [-0.25, -0.2) is 0 Å². The zero-order chi connectivity index (χ0) is 16.8. The largest absolute Gasteiger partial charge is 0.367 e. The zero-order valence-electron chi connectivity index (χ0n) is 14.8. The van der Waals surface area contributed by atoms with Crippen molar-refractivity contribution >= 4 is 17.3 Å². The van der Waals surface area contributed by atoms with Crippen molar-refractivity contribution in [3.05, 3.63) is 24.3 Å². The van der Waals surface area contributed by atoms with E-state index in [4.69, 9.17) is 0 Å². The number of hydrogen-bond donors (Lipinski definition) is 2. The minimum atomic E-state index is 0.140. The number of hydrogen-bond acceptors (Lipinski definition) is 4. The summed E-state index contributed by atoms with van der Waals surface area (Å²) in [5.74, 6) is 0.801. The molecule has 2 saturated heterocycles. The molecule has 0 aliphatic carbocycles. The van der Waals surface area contributed by atoms with Crippen LogP contribution in [0.25, 0.3) is 0 Å². The van der Waals surface area contributed by atoms with Crippen molar-refractivity contribution in [3.8, 4) is 0 Å². The Kier molecular flexibility index (Phi) is 6.10. The number of para-hydroxylation sites is 2. The molecule has 132 valence electrons. The van der Waals surface area contributed by atoms with Crippen molar-refractivity contribution in [3.63, 3.8) is 0 Å². The molecular formula is C19H30N4O. The third-order valence-electron chi connectivity index (χ3n) is 5.28. The van der Waals surface area contributed by atoms with Gasteiger partial charge in [0.2, 0.25) is 5.91 Å². The van der Waals surface area contributed by atoms with Crippen molar-refractivity contribution in [1.82, 2.24) is 10.2 Å². The molecule has 1 unspecified atom stereocenters. The monoisotopic (exact) mass is 330 g/mol. The molecule has 2 aliphatic rings. The normalized spacial score (nSPS) is 21.9. The molecule has 5 heteroatoms. The van der Waals surface area contributed by atoms with Crippen molar-refractivity contribution in [2.24, 2.45) is 5.92 Å². The molecule has 2 N–H and O–H groups in total. The lowest BCUT2D eigenvalue weighted by atomic mass is 10.0. The second-order valence-corrected chi connectivity index (χ2v) is 6.88. The van der Waals surface area contributed by atoms with E-state index in [0.29, 0.717) is 12.3 Å². The first-order chi connectivity index (χ1) is 11.8. The van der Waals surface area contributed by atoms with E-state index in [9.17, 15) is 4.79 Å². The highest BCUT2D eigenvalue weighted by atomic mass is 16.1. The molecule has 0 radical (unpaired) electrons. The molecule has 0 spiro atoms. The van der Waals surface area contributed by atoms with Crippen LogP contribution >= 0.6 is 0 Å². The van der Waals surface area contributed by atoms with Crippen LogP contribution in [0.4, 0.5) is 11.4 Å². The van der Waals surface area contributed by atoms with Gasteiger partial charge in [0, 0.05) is 32.6 Å². The SMILES string of the molecule is CCN1CCN(c2ccccc2NC(=O)CCC2CCNC2)CC1. The summed E-state index contributed by atoms with van der Waals surface area (Å²) in [7, 11) is 0. The van der Waals surface area contributed by atoms with E-state index in [-0.39, 0.29) is 5.91 Å². The summed E-state index contributed by atoms with van der Waals surface area (Å²) in [6.07, 6.45) is 2.80. The summed E-state index contributed by atoms with van der Waals surface area (Å²) in [6, 6.07) is 8.21. The quantitative estimate of drug-likeness (QED) is 0.839. The predicted molar refractivity (Wildman–Crippen MR) is 99.6 cm³/mol. The molecule has 5 nitrogen and oxygen atoms in total. The number of nitrogens with zero attached hydrogens (tertiary/aromatic N) is 2. The molecule has 2 fully saturated rings. The average molecular weight is 330 g/mol. The minimum absolute atomic E-state index is 0.140. The van der Waals surface area contributed by atoms with Crippen LogP contribution in [0.1, 0.15) is 26.2 Å². The van der Waals surface area contributed by atoms with E-state index in [1.165, 1.54) is 6.42 Å². The number of likely N-dealkylation sites (N-methyl/N-ethyl adjacent to an activating group) is 1. The van der Waals surface area contributed by atoms with Crippen LogP contribution in [-0.2, 0) is 4.79 Å².